The molecule has 0 heterocycles. The van der Waals surface area contributed by atoms with Crippen molar-refractivity contribution in [2.45, 2.75) is 19.4 Å². The van der Waals surface area contributed by atoms with Crippen LogP contribution in [0.3, 0.4) is 0 Å². The van der Waals surface area contributed by atoms with E-state index in [0.717, 1.165) is 0 Å². The second-order valence-corrected chi connectivity index (χ2v) is 1.75. The second kappa shape index (κ2) is 4.93. The number of hydrogen-bond donors (Lipinski definition) is 1. The summed E-state index contributed by atoms with van der Waals surface area (Å²) < 4.78 is 4.84. The third kappa shape index (κ3) is 3.19. The van der Waals surface area contributed by atoms with Crippen molar-refractivity contribution in [1.82, 2.24) is 0 Å². The molecule has 10 heavy (non-hydrogen) atoms. The zero-order valence-electron chi connectivity index (χ0n) is 5.87. The molecule has 0 rings (SSSR count). The number of hydrogen-bond acceptors (Lipinski definition) is 3. The van der Waals surface area contributed by atoms with Crippen LogP contribution in [0.25, 0.3) is 0 Å². The third-order valence-corrected chi connectivity index (χ3v) is 0.995. The molecular formula is C6H11NO3. The Bertz CT molecular complexity index is 124. The predicted octanol–water partition coefficient (Wildman–Crippen LogP) is -0.534. The number of aldehydes is 1. The fourth-order valence-corrected chi connectivity index (χ4v) is 0.555. The normalized spacial score (nSPS) is 12.5. The summed E-state index contributed by atoms with van der Waals surface area (Å²) in [6.45, 7) is 2.13. The molecule has 0 saturated carbocycles. The first-order chi connectivity index (χ1) is 4.72. The molecule has 1 unspecified atom stereocenters. The van der Waals surface area contributed by atoms with Gasteiger partial charge in [-0.15, -0.1) is 0 Å². The predicted molar refractivity (Wildman–Crippen MR) is 35.3 cm³/mol. The summed E-state index contributed by atoms with van der Waals surface area (Å²) in [5, 5.41) is 0. The van der Waals surface area contributed by atoms with Gasteiger partial charge in [0.05, 0.1) is 0 Å². The summed E-state index contributed by atoms with van der Waals surface area (Å²) in [6, 6.07) is 0. The van der Waals surface area contributed by atoms with Crippen LogP contribution in [0.4, 0.5) is 0 Å². The maximum atomic E-state index is 10.4. The van der Waals surface area contributed by atoms with Crippen LogP contribution in [0.1, 0.15) is 13.3 Å². The number of ether oxygens (including phenoxy) is 1. The lowest BCUT2D eigenvalue weighted by molar-refractivity contribution is -0.131. The Labute approximate surface area is 59.3 Å². The van der Waals surface area contributed by atoms with E-state index in [1.54, 1.807) is 6.92 Å². The smallest absolute Gasteiger partial charge is 0.247 e. The summed E-state index contributed by atoms with van der Waals surface area (Å²) >= 11 is 0. The molecule has 0 spiro atoms. The van der Waals surface area contributed by atoms with Gasteiger partial charge in [0.2, 0.25) is 5.91 Å². The Hall–Kier alpha value is -0.900. The Kier molecular flexibility index (Phi) is 4.49. The molecule has 1 amide bonds. The molecule has 4 heteroatoms. The Morgan fingerprint density at radius 3 is 2.70 bits per heavy atom. The van der Waals surface area contributed by atoms with E-state index in [-0.39, 0.29) is 6.42 Å². The molecule has 0 fully saturated rings. The van der Waals surface area contributed by atoms with Gasteiger partial charge in [0.15, 0.2) is 0 Å². The molecule has 0 aliphatic heterocycles. The highest BCUT2D eigenvalue weighted by Crippen LogP contribution is 1.93. The molecule has 0 aromatic carbocycles. The van der Waals surface area contributed by atoms with Crippen LogP contribution in [-0.4, -0.2) is 24.9 Å². The van der Waals surface area contributed by atoms with Gasteiger partial charge in [0, 0.05) is 13.0 Å². The molecule has 2 N–H and O–H groups in total. The molecule has 0 bridgehead atoms. The van der Waals surface area contributed by atoms with Gasteiger partial charge in [-0.1, -0.05) is 0 Å². The third-order valence-electron chi connectivity index (χ3n) is 0.995. The minimum Gasteiger partial charge on any atom is -0.368 e. The van der Waals surface area contributed by atoms with E-state index >= 15 is 0 Å². The number of carbonyl (C=O) groups excluding carboxylic acids is 2. The van der Waals surface area contributed by atoms with Crippen molar-refractivity contribution in [1.29, 1.82) is 0 Å². The molecule has 58 valence electrons. The van der Waals surface area contributed by atoms with Crippen molar-refractivity contribution in [3.63, 3.8) is 0 Å². The van der Waals surface area contributed by atoms with Gasteiger partial charge in [-0.3, -0.25) is 4.79 Å². The lowest BCUT2D eigenvalue weighted by Gasteiger charge is -2.08. The monoisotopic (exact) mass is 145 g/mol. The largest absolute Gasteiger partial charge is 0.368 e. The van der Waals surface area contributed by atoms with Gasteiger partial charge >= 0.3 is 0 Å². The van der Waals surface area contributed by atoms with Crippen LogP contribution in [0.2, 0.25) is 0 Å². The van der Waals surface area contributed by atoms with E-state index in [1.165, 1.54) is 0 Å². The molecule has 0 aromatic heterocycles. The summed E-state index contributed by atoms with van der Waals surface area (Å²) in [5.41, 5.74) is 4.89. The van der Waals surface area contributed by atoms with Crippen LogP contribution in [0.5, 0.6) is 0 Å². The van der Waals surface area contributed by atoms with E-state index < -0.39 is 12.0 Å². The van der Waals surface area contributed by atoms with Gasteiger partial charge in [0.25, 0.3) is 0 Å². The van der Waals surface area contributed by atoms with Crippen molar-refractivity contribution in [3.8, 4) is 0 Å². The van der Waals surface area contributed by atoms with Crippen molar-refractivity contribution >= 4 is 12.2 Å². The van der Waals surface area contributed by atoms with Crippen LogP contribution >= 0.6 is 0 Å². The summed E-state index contributed by atoms with van der Waals surface area (Å²) in [7, 11) is 0. The maximum absolute atomic E-state index is 10.4. The highest BCUT2D eigenvalue weighted by molar-refractivity contribution is 5.81. The van der Waals surface area contributed by atoms with Crippen molar-refractivity contribution in [3.05, 3.63) is 0 Å². The average molecular weight is 145 g/mol. The van der Waals surface area contributed by atoms with Crippen LogP contribution in [-0.2, 0) is 14.3 Å². The fraction of sp³-hybridized carbons (Fsp3) is 0.667. The van der Waals surface area contributed by atoms with Crippen LogP contribution in [0, 0.1) is 0 Å². The quantitative estimate of drug-likeness (QED) is 0.528. The van der Waals surface area contributed by atoms with Crippen LogP contribution in [0.15, 0.2) is 0 Å². The standard InChI is InChI=1S/C6H11NO3/c1-2-10-5(3-4-8)6(7)9/h4-5H,2-3H2,1H3,(H2,7,9). The van der Waals surface area contributed by atoms with Crippen molar-refractivity contribution < 1.29 is 14.3 Å². The number of carbonyl (C=O) groups is 2. The van der Waals surface area contributed by atoms with Crippen molar-refractivity contribution in [2.24, 2.45) is 5.73 Å². The average Bonchev–Trinajstić information content (AvgIpc) is 1.87. The van der Waals surface area contributed by atoms with E-state index in [1.807, 2.05) is 0 Å². The number of nitrogens with two attached hydrogens (primary N) is 1. The molecule has 1 atom stereocenters. The Morgan fingerprint density at radius 1 is 1.80 bits per heavy atom. The lowest BCUT2D eigenvalue weighted by Crippen LogP contribution is -2.31. The fourth-order valence-electron chi connectivity index (χ4n) is 0.555. The van der Waals surface area contributed by atoms with E-state index in [2.05, 4.69) is 0 Å². The first-order valence-electron chi connectivity index (χ1n) is 3.07. The van der Waals surface area contributed by atoms with Crippen molar-refractivity contribution in [2.75, 3.05) is 6.61 Å². The van der Waals surface area contributed by atoms with Gasteiger partial charge < -0.3 is 15.3 Å². The zero-order chi connectivity index (χ0) is 7.98. The van der Waals surface area contributed by atoms with E-state index in [9.17, 15) is 9.59 Å². The number of amides is 1. The Morgan fingerprint density at radius 2 is 2.40 bits per heavy atom. The topological polar surface area (TPSA) is 69.4 Å². The van der Waals surface area contributed by atoms with Gasteiger partial charge in [-0.05, 0) is 6.92 Å². The molecule has 0 aliphatic rings. The second-order valence-electron chi connectivity index (χ2n) is 1.75. The first-order valence-corrected chi connectivity index (χ1v) is 3.07. The van der Waals surface area contributed by atoms with Gasteiger partial charge in [-0.25, -0.2) is 0 Å². The first kappa shape index (κ1) is 9.10. The lowest BCUT2D eigenvalue weighted by atomic mass is 10.2. The number of primary amides is 1. The summed E-state index contributed by atoms with van der Waals surface area (Å²) in [6.07, 6.45) is -0.0867. The summed E-state index contributed by atoms with van der Waals surface area (Å²) in [5.74, 6) is -0.589. The highest BCUT2D eigenvalue weighted by atomic mass is 16.5. The number of rotatable bonds is 5. The van der Waals surface area contributed by atoms with E-state index in [4.69, 9.17) is 10.5 Å². The minimum atomic E-state index is -0.748. The van der Waals surface area contributed by atoms with E-state index in [0.29, 0.717) is 12.9 Å². The Balaban J connectivity index is 3.71. The van der Waals surface area contributed by atoms with Crippen LogP contribution < -0.4 is 5.73 Å². The molecule has 0 radical (unpaired) electrons. The summed E-state index contributed by atoms with van der Waals surface area (Å²) in [4.78, 5) is 20.3. The molecular weight excluding hydrogens is 134 g/mol. The molecule has 4 nitrogen and oxygen atoms in total. The van der Waals surface area contributed by atoms with Gasteiger partial charge in [0.1, 0.15) is 12.4 Å². The highest BCUT2D eigenvalue weighted by Gasteiger charge is 2.13. The SMILES string of the molecule is CCOC(CC=O)C(N)=O. The zero-order valence-corrected chi connectivity index (χ0v) is 5.87. The molecule has 0 aliphatic carbocycles. The minimum absolute atomic E-state index is 0.0448. The molecule has 0 saturated heterocycles. The maximum Gasteiger partial charge on any atom is 0.247 e. The molecule has 0 aromatic rings. The van der Waals surface area contributed by atoms with Gasteiger partial charge in [-0.2, -0.15) is 0 Å².